The Bertz CT molecular complexity index is 1330. The molecular formula is C18H9N11. The molecule has 4 N–H and O–H groups in total. The SMILES string of the molecule is C=C1C(=N/C(C#N)=C(\C)N)c2nc(C#N)c(C#N)nc2-c2nc(C#N)c(N)nc21. The first-order chi connectivity index (χ1) is 13.9. The molecule has 1 aliphatic rings. The summed E-state index contributed by atoms with van der Waals surface area (Å²) in [6, 6.07) is 7.25. The Morgan fingerprint density at radius 2 is 1.38 bits per heavy atom. The number of nitrogen functional groups attached to an aromatic ring is 1. The van der Waals surface area contributed by atoms with E-state index in [0.29, 0.717) is 0 Å². The highest BCUT2D eigenvalue weighted by Gasteiger charge is 2.32. The lowest BCUT2D eigenvalue weighted by molar-refractivity contribution is 1.07. The van der Waals surface area contributed by atoms with E-state index in [-0.39, 0.29) is 68.4 Å². The zero-order valence-electron chi connectivity index (χ0n) is 14.9. The van der Waals surface area contributed by atoms with Crippen LogP contribution in [0.2, 0.25) is 0 Å². The van der Waals surface area contributed by atoms with Gasteiger partial charge in [-0.05, 0) is 6.92 Å². The van der Waals surface area contributed by atoms with Crippen LogP contribution in [0, 0.1) is 45.3 Å². The van der Waals surface area contributed by atoms with E-state index in [1.807, 2.05) is 12.1 Å². The van der Waals surface area contributed by atoms with Gasteiger partial charge in [0.25, 0.3) is 0 Å². The lowest BCUT2D eigenvalue weighted by atomic mass is 9.93. The Morgan fingerprint density at radius 3 is 1.90 bits per heavy atom. The van der Waals surface area contributed by atoms with Crippen LogP contribution in [0.3, 0.4) is 0 Å². The first-order valence-electron chi connectivity index (χ1n) is 7.81. The first-order valence-corrected chi connectivity index (χ1v) is 7.81. The highest BCUT2D eigenvalue weighted by atomic mass is 15.0. The fourth-order valence-electron chi connectivity index (χ4n) is 2.52. The van der Waals surface area contributed by atoms with Crippen molar-refractivity contribution < 1.29 is 0 Å². The number of hydrogen-bond donors (Lipinski definition) is 2. The molecule has 29 heavy (non-hydrogen) atoms. The van der Waals surface area contributed by atoms with E-state index < -0.39 is 0 Å². The second kappa shape index (κ2) is 6.88. The molecule has 0 saturated carbocycles. The summed E-state index contributed by atoms with van der Waals surface area (Å²) in [5.41, 5.74) is 11.5. The molecule has 0 amide bonds. The quantitative estimate of drug-likeness (QED) is 0.660. The topological polar surface area (TPSA) is 211 Å². The van der Waals surface area contributed by atoms with Crippen molar-refractivity contribution in [3.8, 4) is 35.7 Å². The van der Waals surface area contributed by atoms with Crippen molar-refractivity contribution in [3.05, 3.63) is 46.4 Å². The molecule has 2 aromatic heterocycles. The molecule has 0 aromatic carbocycles. The van der Waals surface area contributed by atoms with Crippen molar-refractivity contribution in [2.45, 2.75) is 6.92 Å². The molecule has 0 radical (unpaired) electrons. The Kier molecular flexibility index (Phi) is 4.43. The van der Waals surface area contributed by atoms with E-state index in [0.717, 1.165) is 0 Å². The van der Waals surface area contributed by atoms with Gasteiger partial charge in [-0.1, -0.05) is 6.58 Å². The van der Waals surface area contributed by atoms with Gasteiger partial charge in [-0.25, -0.2) is 24.9 Å². The van der Waals surface area contributed by atoms with Crippen molar-refractivity contribution in [2.24, 2.45) is 10.7 Å². The van der Waals surface area contributed by atoms with Crippen LogP contribution >= 0.6 is 0 Å². The van der Waals surface area contributed by atoms with Crippen LogP contribution in [0.4, 0.5) is 5.82 Å². The van der Waals surface area contributed by atoms with Crippen molar-refractivity contribution in [2.75, 3.05) is 5.73 Å². The number of rotatable bonds is 1. The van der Waals surface area contributed by atoms with Gasteiger partial charge in [-0.2, -0.15) is 21.0 Å². The predicted molar refractivity (Wildman–Crippen MR) is 99.7 cm³/mol. The van der Waals surface area contributed by atoms with Gasteiger partial charge >= 0.3 is 0 Å². The normalized spacial score (nSPS) is 13.8. The number of hydrogen-bond acceptors (Lipinski definition) is 11. The molecule has 0 bridgehead atoms. The molecule has 0 aliphatic heterocycles. The summed E-state index contributed by atoms with van der Waals surface area (Å²) in [4.78, 5) is 20.9. The average molecular weight is 379 g/mol. The second-order valence-corrected chi connectivity index (χ2v) is 5.69. The van der Waals surface area contributed by atoms with Crippen molar-refractivity contribution in [1.82, 2.24) is 19.9 Å². The Morgan fingerprint density at radius 1 is 0.862 bits per heavy atom. The van der Waals surface area contributed by atoms with Crippen LogP contribution in [-0.4, -0.2) is 25.6 Å². The van der Waals surface area contributed by atoms with E-state index in [2.05, 4.69) is 31.5 Å². The molecule has 3 rings (SSSR count). The molecule has 0 spiro atoms. The molecule has 11 nitrogen and oxygen atoms in total. The minimum absolute atomic E-state index is 0.0509. The van der Waals surface area contributed by atoms with E-state index >= 15 is 0 Å². The number of nitrogens with two attached hydrogens (primary N) is 2. The summed E-state index contributed by atoms with van der Waals surface area (Å²) in [6.45, 7) is 5.41. The Balaban J connectivity index is 2.49. The van der Waals surface area contributed by atoms with E-state index in [1.165, 1.54) is 6.92 Å². The van der Waals surface area contributed by atoms with Crippen LogP contribution in [0.1, 0.15) is 35.4 Å². The van der Waals surface area contributed by atoms with Crippen LogP contribution in [0.15, 0.2) is 23.0 Å². The van der Waals surface area contributed by atoms with E-state index in [4.69, 9.17) is 11.5 Å². The van der Waals surface area contributed by atoms with Crippen molar-refractivity contribution in [1.29, 1.82) is 21.0 Å². The summed E-state index contributed by atoms with van der Waals surface area (Å²) in [7, 11) is 0. The van der Waals surface area contributed by atoms with E-state index in [9.17, 15) is 21.0 Å². The maximum absolute atomic E-state index is 9.31. The monoisotopic (exact) mass is 379 g/mol. The number of aliphatic imine (C=N–C) groups is 1. The van der Waals surface area contributed by atoms with Gasteiger partial charge in [0.1, 0.15) is 52.8 Å². The van der Waals surface area contributed by atoms with Gasteiger partial charge in [0, 0.05) is 11.3 Å². The van der Waals surface area contributed by atoms with Crippen molar-refractivity contribution in [3.63, 3.8) is 0 Å². The highest BCUT2D eigenvalue weighted by Crippen LogP contribution is 2.36. The average Bonchev–Trinajstić information content (AvgIpc) is 2.72. The lowest BCUT2D eigenvalue weighted by Gasteiger charge is -2.21. The maximum Gasteiger partial charge on any atom is 0.183 e. The number of nitriles is 4. The minimum atomic E-state index is -0.244. The zero-order valence-corrected chi connectivity index (χ0v) is 14.9. The molecule has 0 fully saturated rings. The fraction of sp³-hybridized carbons (Fsp3) is 0.0556. The van der Waals surface area contributed by atoms with Gasteiger partial charge in [0.2, 0.25) is 0 Å². The second-order valence-electron chi connectivity index (χ2n) is 5.69. The van der Waals surface area contributed by atoms with Crippen LogP contribution in [-0.2, 0) is 0 Å². The molecule has 0 atom stereocenters. The standard InChI is InChI=1S/C18H9N11/c1-7-13(25-9(3-19)8(2)23)15-17(27-11(5-21)10(4-20)26-15)16-14(7)29-18(24)12(6-22)28-16/h1,23H2,2H3,(H2,24,29)/b9-8+,25-13?. The number of fused-ring (bicyclic) bond motifs is 3. The van der Waals surface area contributed by atoms with E-state index in [1.54, 1.807) is 12.1 Å². The Hall–Kier alpha value is -5.13. The molecule has 1 aliphatic carbocycles. The Labute approximate surface area is 164 Å². The predicted octanol–water partition coefficient (Wildman–Crippen LogP) is 0.661. The molecule has 2 heterocycles. The first kappa shape index (κ1) is 18.7. The molecule has 0 saturated heterocycles. The summed E-state index contributed by atoms with van der Waals surface area (Å²) in [5.74, 6) is -0.136. The van der Waals surface area contributed by atoms with Crippen LogP contribution in [0.25, 0.3) is 17.0 Å². The fourth-order valence-corrected chi connectivity index (χ4v) is 2.52. The summed E-state index contributed by atoms with van der Waals surface area (Å²) < 4.78 is 0. The molecule has 0 unspecified atom stereocenters. The molecule has 2 aromatic rings. The number of aromatic nitrogens is 4. The number of allylic oxidation sites excluding steroid dienone is 3. The van der Waals surface area contributed by atoms with Crippen molar-refractivity contribution >= 4 is 17.1 Å². The summed E-state index contributed by atoms with van der Waals surface area (Å²) in [6.07, 6.45) is 0. The molecule has 11 heteroatoms. The van der Waals surface area contributed by atoms with Crippen LogP contribution < -0.4 is 11.5 Å². The third-order valence-corrected chi connectivity index (χ3v) is 3.86. The summed E-state index contributed by atoms with van der Waals surface area (Å²) >= 11 is 0. The summed E-state index contributed by atoms with van der Waals surface area (Å²) in [5, 5.41) is 37.1. The lowest BCUT2D eigenvalue weighted by Crippen LogP contribution is -2.21. The van der Waals surface area contributed by atoms with Gasteiger partial charge in [0.15, 0.2) is 28.6 Å². The zero-order chi connectivity index (χ0) is 21.3. The highest BCUT2D eigenvalue weighted by molar-refractivity contribution is 6.35. The smallest absolute Gasteiger partial charge is 0.183 e. The molecular weight excluding hydrogens is 370 g/mol. The third-order valence-electron chi connectivity index (χ3n) is 3.86. The van der Waals surface area contributed by atoms with Gasteiger partial charge in [0.05, 0.1) is 0 Å². The van der Waals surface area contributed by atoms with Gasteiger partial charge < -0.3 is 11.5 Å². The van der Waals surface area contributed by atoms with Gasteiger partial charge in [-0.15, -0.1) is 0 Å². The number of anilines is 1. The maximum atomic E-state index is 9.31. The number of nitrogens with zero attached hydrogens (tertiary/aromatic N) is 9. The third kappa shape index (κ3) is 2.87. The minimum Gasteiger partial charge on any atom is -0.400 e. The largest absolute Gasteiger partial charge is 0.400 e. The van der Waals surface area contributed by atoms with Crippen LogP contribution in [0.5, 0.6) is 0 Å². The molecule has 136 valence electrons. The van der Waals surface area contributed by atoms with Gasteiger partial charge in [-0.3, -0.25) is 0 Å².